The van der Waals surface area contributed by atoms with Crippen LogP contribution in [0.5, 0.6) is 5.75 Å². The van der Waals surface area contributed by atoms with E-state index in [1.54, 1.807) is 12.4 Å². The van der Waals surface area contributed by atoms with Gasteiger partial charge < -0.3 is 10.5 Å². The number of pyridine rings is 1. The van der Waals surface area contributed by atoms with Crippen LogP contribution in [0, 0.1) is 0 Å². The summed E-state index contributed by atoms with van der Waals surface area (Å²) in [6, 6.07) is 8.19. The maximum atomic E-state index is 13.6. The van der Waals surface area contributed by atoms with Crippen molar-refractivity contribution in [1.29, 1.82) is 0 Å². The molecule has 4 rings (SSSR count). The molecule has 1 amide bonds. The van der Waals surface area contributed by atoms with Gasteiger partial charge in [0.2, 0.25) is 15.9 Å². The highest BCUT2D eigenvalue weighted by Gasteiger charge is 2.54. The molecule has 0 spiro atoms. The second-order valence-electron chi connectivity index (χ2n) is 9.24. The Labute approximate surface area is 208 Å². The average Bonchev–Trinajstić information content (AvgIpc) is 2.85. The number of hydrogen-bond acceptors (Lipinski definition) is 6. The third kappa shape index (κ3) is 5.50. The van der Waals surface area contributed by atoms with Crippen molar-refractivity contribution in [3.05, 3.63) is 59.9 Å². The Kier molecular flexibility index (Phi) is 7.58. The summed E-state index contributed by atoms with van der Waals surface area (Å²) in [6.07, 6.45) is -0.432. The van der Waals surface area contributed by atoms with Gasteiger partial charge in [-0.2, -0.15) is 13.2 Å². The summed E-state index contributed by atoms with van der Waals surface area (Å²) in [5, 5.41) is 0. The number of hydrogen-bond donors (Lipinski definition) is 1. The van der Waals surface area contributed by atoms with E-state index in [9.17, 15) is 26.4 Å². The number of likely N-dealkylation sites (tertiary alicyclic amines) is 1. The molecule has 2 fully saturated rings. The minimum atomic E-state index is -4.43. The zero-order valence-electron chi connectivity index (χ0n) is 19.7. The number of halogens is 3. The second kappa shape index (κ2) is 10.3. The number of primary amides is 1. The number of alkyl halides is 3. The number of benzene rings is 1. The standard InChI is InChI=1S/C24H29F3N4O4S/c25-24(26,27)19-3-5-20(6-4-19)35-21-7-12-31(13-8-21)36(33,34)23(22(28)32)9-14-30(15-10-23)17-18-2-1-11-29-16-18/h1-6,11,16,21H,7-10,12-15,17H2,(H2,28,32). The highest BCUT2D eigenvalue weighted by atomic mass is 32.2. The van der Waals surface area contributed by atoms with Gasteiger partial charge in [0.1, 0.15) is 11.9 Å². The maximum Gasteiger partial charge on any atom is 0.416 e. The van der Waals surface area contributed by atoms with Gasteiger partial charge in [-0.05, 0) is 61.6 Å². The van der Waals surface area contributed by atoms with Crippen LogP contribution in [0.2, 0.25) is 0 Å². The van der Waals surface area contributed by atoms with Crippen LogP contribution in [-0.4, -0.2) is 65.5 Å². The lowest BCUT2D eigenvalue weighted by Crippen LogP contribution is -2.61. The fourth-order valence-corrected chi connectivity index (χ4v) is 6.94. The van der Waals surface area contributed by atoms with Crippen LogP contribution < -0.4 is 10.5 Å². The number of sulfonamides is 1. The predicted molar refractivity (Wildman–Crippen MR) is 126 cm³/mol. The Hall–Kier alpha value is -2.70. The van der Waals surface area contributed by atoms with E-state index in [-0.39, 0.29) is 32.0 Å². The van der Waals surface area contributed by atoms with E-state index in [1.807, 2.05) is 12.1 Å². The van der Waals surface area contributed by atoms with E-state index < -0.39 is 32.4 Å². The molecule has 196 valence electrons. The zero-order chi connectivity index (χ0) is 26.0. The van der Waals surface area contributed by atoms with Crippen LogP contribution in [0.3, 0.4) is 0 Å². The fraction of sp³-hybridized carbons (Fsp3) is 0.500. The monoisotopic (exact) mass is 526 g/mol. The third-order valence-corrected chi connectivity index (χ3v) is 9.60. The van der Waals surface area contributed by atoms with E-state index in [0.29, 0.717) is 38.2 Å². The number of rotatable bonds is 7. The van der Waals surface area contributed by atoms with Gasteiger partial charge >= 0.3 is 6.18 Å². The Morgan fingerprint density at radius 2 is 1.72 bits per heavy atom. The van der Waals surface area contributed by atoms with Crippen molar-refractivity contribution in [2.24, 2.45) is 5.73 Å². The Morgan fingerprint density at radius 3 is 2.25 bits per heavy atom. The normalized spacial score (nSPS) is 20.2. The van der Waals surface area contributed by atoms with Crippen LogP contribution in [0.1, 0.15) is 36.8 Å². The van der Waals surface area contributed by atoms with Gasteiger partial charge in [-0.1, -0.05) is 6.07 Å². The molecule has 8 nitrogen and oxygen atoms in total. The first-order valence-electron chi connectivity index (χ1n) is 11.8. The van der Waals surface area contributed by atoms with Gasteiger partial charge in [-0.3, -0.25) is 14.7 Å². The molecule has 12 heteroatoms. The molecule has 0 aliphatic carbocycles. The highest BCUT2D eigenvalue weighted by molar-refractivity contribution is 7.91. The van der Waals surface area contributed by atoms with Crippen LogP contribution in [0.25, 0.3) is 0 Å². The van der Waals surface area contributed by atoms with Gasteiger partial charge in [0.05, 0.1) is 5.56 Å². The van der Waals surface area contributed by atoms with E-state index in [0.717, 1.165) is 17.7 Å². The number of carbonyl (C=O) groups is 1. The predicted octanol–water partition coefficient (Wildman–Crippen LogP) is 2.79. The summed E-state index contributed by atoms with van der Waals surface area (Å²) >= 11 is 0. The van der Waals surface area contributed by atoms with Crippen molar-refractivity contribution in [3.8, 4) is 5.75 Å². The summed E-state index contributed by atoms with van der Waals surface area (Å²) in [6.45, 7) is 1.70. The van der Waals surface area contributed by atoms with Crippen molar-refractivity contribution in [3.63, 3.8) is 0 Å². The quantitative estimate of drug-likeness (QED) is 0.595. The van der Waals surface area contributed by atoms with Crippen molar-refractivity contribution in [2.75, 3.05) is 26.2 Å². The van der Waals surface area contributed by atoms with Crippen LogP contribution in [0.15, 0.2) is 48.8 Å². The van der Waals surface area contributed by atoms with E-state index in [4.69, 9.17) is 10.5 Å². The molecule has 2 aromatic rings. The van der Waals surface area contributed by atoms with Crippen molar-refractivity contribution in [2.45, 2.75) is 49.3 Å². The molecule has 36 heavy (non-hydrogen) atoms. The number of nitrogens with zero attached hydrogens (tertiary/aromatic N) is 3. The summed E-state index contributed by atoms with van der Waals surface area (Å²) in [5.74, 6) is -0.550. The second-order valence-corrected chi connectivity index (χ2v) is 11.5. The first-order chi connectivity index (χ1) is 17.0. The highest BCUT2D eigenvalue weighted by Crippen LogP contribution is 2.36. The molecule has 0 bridgehead atoms. The number of piperidine rings is 2. The fourth-order valence-electron chi connectivity index (χ4n) is 4.81. The van der Waals surface area contributed by atoms with Crippen molar-refractivity contribution in [1.82, 2.24) is 14.2 Å². The molecular formula is C24H29F3N4O4S. The summed E-state index contributed by atoms with van der Waals surface area (Å²) in [5.41, 5.74) is 5.92. The number of amides is 1. The van der Waals surface area contributed by atoms with Gasteiger partial charge in [0.25, 0.3) is 0 Å². The lowest BCUT2D eigenvalue weighted by atomic mass is 9.94. The molecule has 0 radical (unpaired) electrons. The number of carbonyl (C=O) groups excluding carboxylic acids is 1. The van der Waals surface area contributed by atoms with E-state index >= 15 is 0 Å². The molecule has 3 heterocycles. The lowest BCUT2D eigenvalue weighted by molar-refractivity contribution is -0.137. The Bertz CT molecular complexity index is 1140. The molecular weight excluding hydrogens is 497 g/mol. The first-order valence-corrected chi connectivity index (χ1v) is 13.2. The van der Waals surface area contributed by atoms with Crippen LogP contribution in [0.4, 0.5) is 13.2 Å². The van der Waals surface area contributed by atoms with Crippen LogP contribution in [-0.2, 0) is 27.5 Å². The molecule has 2 aliphatic rings. The molecule has 0 atom stereocenters. The molecule has 2 saturated heterocycles. The average molecular weight is 527 g/mol. The van der Waals surface area contributed by atoms with Gasteiger partial charge in [0.15, 0.2) is 4.75 Å². The molecule has 2 N–H and O–H groups in total. The maximum absolute atomic E-state index is 13.6. The van der Waals surface area contributed by atoms with Gasteiger partial charge in [-0.25, -0.2) is 12.7 Å². The molecule has 2 aliphatic heterocycles. The smallest absolute Gasteiger partial charge is 0.416 e. The number of nitrogens with two attached hydrogens (primary N) is 1. The minimum Gasteiger partial charge on any atom is -0.490 e. The van der Waals surface area contributed by atoms with E-state index in [2.05, 4.69) is 9.88 Å². The van der Waals surface area contributed by atoms with E-state index in [1.165, 1.54) is 16.4 Å². The number of aromatic nitrogens is 1. The zero-order valence-corrected chi connectivity index (χ0v) is 20.5. The summed E-state index contributed by atoms with van der Waals surface area (Å²) < 4.78 is 70.9. The summed E-state index contributed by atoms with van der Waals surface area (Å²) in [4.78, 5) is 18.7. The lowest BCUT2D eigenvalue weighted by Gasteiger charge is -2.43. The third-order valence-electron chi connectivity index (χ3n) is 6.96. The molecule has 0 saturated carbocycles. The Balaban J connectivity index is 1.36. The molecule has 0 unspecified atom stereocenters. The molecule has 1 aromatic heterocycles. The van der Waals surface area contributed by atoms with Gasteiger partial charge in [0, 0.05) is 45.1 Å². The molecule has 1 aromatic carbocycles. The summed E-state index contributed by atoms with van der Waals surface area (Å²) in [7, 11) is -4.02. The first kappa shape index (κ1) is 26.4. The van der Waals surface area contributed by atoms with Gasteiger partial charge in [-0.15, -0.1) is 0 Å². The van der Waals surface area contributed by atoms with Crippen LogP contribution >= 0.6 is 0 Å². The van der Waals surface area contributed by atoms with Crippen molar-refractivity contribution >= 4 is 15.9 Å². The Morgan fingerprint density at radius 1 is 1.08 bits per heavy atom. The SMILES string of the molecule is NC(=O)C1(S(=O)(=O)N2CCC(Oc3ccc(C(F)(F)F)cc3)CC2)CCN(Cc2cccnc2)CC1. The number of ether oxygens (including phenoxy) is 1. The topological polar surface area (TPSA) is 106 Å². The van der Waals surface area contributed by atoms with Crippen molar-refractivity contribution < 1.29 is 31.1 Å². The minimum absolute atomic E-state index is 0.104. The largest absolute Gasteiger partial charge is 0.490 e.